The number of aromatic carboxylic acids is 1. The lowest BCUT2D eigenvalue weighted by atomic mass is 9.96. The number of hydrogen-bond acceptors (Lipinski definition) is 3. The molecule has 168 valence electrons. The van der Waals surface area contributed by atoms with Gasteiger partial charge in [0.2, 0.25) is 11.8 Å². The molecule has 2 amide bonds. The van der Waals surface area contributed by atoms with Crippen LogP contribution >= 0.6 is 0 Å². The predicted octanol–water partition coefficient (Wildman–Crippen LogP) is 3.26. The van der Waals surface area contributed by atoms with E-state index in [0.29, 0.717) is 11.1 Å². The third kappa shape index (κ3) is 5.32. The molecule has 0 saturated heterocycles. The quantitative estimate of drug-likeness (QED) is 0.541. The highest BCUT2D eigenvalue weighted by Gasteiger charge is 2.30. The van der Waals surface area contributed by atoms with Crippen LogP contribution in [0.1, 0.15) is 32.6 Å². The van der Waals surface area contributed by atoms with Gasteiger partial charge in [-0.05, 0) is 47.4 Å². The van der Waals surface area contributed by atoms with Gasteiger partial charge in [-0.15, -0.1) is 0 Å². The van der Waals surface area contributed by atoms with Gasteiger partial charge in [0.05, 0.1) is 17.7 Å². The molecule has 2 aromatic carbocycles. The highest BCUT2D eigenvalue weighted by molar-refractivity contribution is 5.94. The van der Waals surface area contributed by atoms with Crippen molar-refractivity contribution in [3.63, 3.8) is 0 Å². The fourth-order valence-corrected chi connectivity index (χ4v) is 3.28. The first-order valence-electron chi connectivity index (χ1n) is 9.50. The van der Waals surface area contributed by atoms with Crippen LogP contribution in [0.2, 0.25) is 0 Å². The van der Waals surface area contributed by atoms with Crippen LogP contribution in [0.4, 0.5) is 17.6 Å². The Bertz CT molecular complexity index is 1080. The molecule has 0 unspecified atom stereocenters. The molecule has 0 bridgehead atoms. The zero-order chi connectivity index (χ0) is 23.5. The fraction of sp³-hybridized carbons (Fsp3) is 0.227. The summed E-state index contributed by atoms with van der Waals surface area (Å²) in [5.74, 6) is -3.18. The number of halogens is 4. The number of amides is 2. The van der Waals surface area contributed by atoms with Crippen molar-refractivity contribution in [3.05, 3.63) is 76.1 Å². The average molecular weight is 450 g/mol. The van der Waals surface area contributed by atoms with Crippen molar-refractivity contribution in [1.29, 1.82) is 0 Å². The van der Waals surface area contributed by atoms with Crippen molar-refractivity contribution in [3.8, 4) is 0 Å². The van der Waals surface area contributed by atoms with E-state index in [1.807, 2.05) is 0 Å². The zero-order valence-electron chi connectivity index (χ0n) is 16.6. The molecule has 1 heterocycles. The molecule has 0 atom stereocenters. The number of carbonyl (C=O) groups excluding carboxylic acids is 2. The maximum absolute atomic E-state index is 14.3. The number of carboxylic acid groups (broad SMARTS) is 1. The molecule has 1 aliphatic rings. The summed E-state index contributed by atoms with van der Waals surface area (Å²) in [5, 5.41) is 11.4. The largest absolute Gasteiger partial charge is 0.478 e. The van der Waals surface area contributed by atoms with Crippen molar-refractivity contribution in [1.82, 2.24) is 10.2 Å². The molecule has 10 heteroatoms. The lowest BCUT2D eigenvalue weighted by Crippen LogP contribution is -2.42. The van der Waals surface area contributed by atoms with Crippen LogP contribution in [-0.4, -0.2) is 40.9 Å². The van der Waals surface area contributed by atoms with Crippen LogP contribution in [0.15, 0.2) is 42.5 Å². The first-order chi connectivity index (χ1) is 15.1. The van der Waals surface area contributed by atoms with Crippen LogP contribution in [0.25, 0.3) is 6.08 Å². The van der Waals surface area contributed by atoms with Gasteiger partial charge in [0.1, 0.15) is 5.82 Å². The summed E-state index contributed by atoms with van der Waals surface area (Å²) in [6.45, 7) is -0.0629. The maximum Gasteiger partial charge on any atom is 0.416 e. The molecule has 0 spiro atoms. The average Bonchev–Trinajstić information content (AvgIpc) is 2.75. The maximum atomic E-state index is 14.3. The van der Waals surface area contributed by atoms with Gasteiger partial charge in [0.25, 0.3) is 0 Å². The van der Waals surface area contributed by atoms with Gasteiger partial charge >= 0.3 is 12.1 Å². The minimum atomic E-state index is -4.45. The number of nitrogens with one attached hydrogen (secondary N) is 1. The molecule has 0 fully saturated rings. The summed E-state index contributed by atoms with van der Waals surface area (Å²) in [4.78, 5) is 36.7. The third-order valence-corrected chi connectivity index (χ3v) is 5.00. The summed E-state index contributed by atoms with van der Waals surface area (Å²) in [7, 11) is 0. The van der Waals surface area contributed by atoms with Crippen molar-refractivity contribution in [2.75, 3.05) is 13.1 Å². The Kier molecular flexibility index (Phi) is 6.61. The second-order valence-corrected chi connectivity index (χ2v) is 7.11. The van der Waals surface area contributed by atoms with E-state index in [2.05, 4.69) is 5.32 Å². The first kappa shape index (κ1) is 23.0. The van der Waals surface area contributed by atoms with E-state index in [1.54, 1.807) is 0 Å². The normalized spacial score (nSPS) is 13.7. The molecule has 0 aliphatic carbocycles. The fourth-order valence-electron chi connectivity index (χ4n) is 3.28. The van der Waals surface area contributed by atoms with E-state index in [4.69, 9.17) is 5.11 Å². The predicted molar refractivity (Wildman–Crippen MR) is 106 cm³/mol. The summed E-state index contributed by atoms with van der Waals surface area (Å²) >= 11 is 0. The van der Waals surface area contributed by atoms with E-state index in [0.717, 1.165) is 24.3 Å². The highest BCUT2D eigenvalue weighted by atomic mass is 19.4. The lowest BCUT2D eigenvalue weighted by molar-refractivity contribution is -0.137. The minimum Gasteiger partial charge on any atom is -0.478 e. The zero-order valence-corrected chi connectivity index (χ0v) is 16.6. The van der Waals surface area contributed by atoms with E-state index in [1.165, 1.54) is 29.2 Å². The Labute approximate surface area is 180 Å². The minimum absolute atomic E-state index is 0.0856. The molecule has 0 aromatic heterocycles. The van der Waals surface area contributed by atoms with Crippen LogP contribution in [0.3, 0.4) is 0 Å². The monoisotopic (exact) mass is 450 g/mol. The molecule has 0 radical (unpaired) electrons. The Morgan fingerprint density at radius 2 is 1.78 bits per heavy atom. The SMILES string of the molecule is O=C(/C=C/c1ccc(C(F)(F)F)cc1)NCC(=O)N1CCc2c(ccc(C(=O)O)c2F)C1. The summed E-state index contributed by atoms with van der Waals surface area (Å²) in [5.41, 5.74) is -0.0737. The van der Waals surface area contributed by atoms with Gasteiger partial charge in [-0.2, -0.15) is 13.2 Å². The Balaban J connectivity index is 1.54. The molecular weight excluding hydrogens is 432 g/mol. The second-order valence-electron chi connectivity index (χ2n) is 7.11. The topological polar surface area (TPSA) is 86.7 Å². The van der Waals surface area contributed by atoms with Gasteiger partial charge < -0.3 is 15.3 Å². The molecular formula is C22H18F4N2O4. The second kappa shape index (κ2) is 9.21. The lowest BCUT2D eigenvalue weighted by Gasteiger charge is -2.29. The van der Waals surface area contributed by atoms with Crippen LogP contribution in [0.5, 0.6) is 0 Å². The molecule has 2 aromatic rings. The Morgan fingerprint density at radius 3 is 2.41 bits per heavy atom. The van der Waals surface area contributed by atoms with Gasteiger partial charge in [-0.25, -0.2) is 9.18 Å². The van der Waals surface area contributed by atoms with Crippen molar-refractivity contribution >= 4 is 23.9 Å². The van der Waals surface area contributed by atoms with Gasteiger partial charge in [-0.3, -0.25) is 9.59 Å². The van der Waals surface area contributed by atoms with Crippen LogP contribution in [0, 0.1) is 5.82 Å². The Hall–Kier alpha value is -3.69. The van der Waals surface area contributed by atoms with Gasteiger partial charge in [0, 0.05) is 19.2 Å². The molecule has 1 aliphatic heterocycles. The first-order valence-corrected chi connectivity index (χ1v) is 9.50. The molecule has 6 nitrogen and oxygen atoms in total. The van der Waals surface area contributed by atoms with E-state index < -0.39 is 40.9 Å². The van der Waals surface area contributed by atoms with Gasteiger partial charge in [-0.1, -0.05) is 18.2 Å². The summed E-state index contributed by atoms with van der Waals surface area (Å²) in [6, 6.07) is 6.86. The van der Waals surface area contributed by atoms with Gasteiger partial charge in [0.15, 0.2) is 0 Å². The molecule has 0 saturated carbocycles. The number of nitrogens with zero attached hydrogens (tertiary/aromatic N) is 1. The number of carboxylic acids is 1. The number of fused-ring (bicyclic) bond motifs is 1. The number of benzene rings is 2. The van der Waals surface area contributed by atoms with Crippen LogP contribution < -0.4 is 5.32 Å². The van der Waals surface area contributed by atoms with E-state index >= 15 is 0 Å². The summed E-state index contributed by atoms with van der Waals surface area (Å²) in [6.07, 6.45) is -1.88. The van der Waals surface area contributed by atoms with E-state index in [-0.39, 0.29) is 31.6 Å². The van der Waals surface area contributed by atoms with E-state index in [9.17, 15) is 31.9 Å². The number of alkyl halides is 3. The number of rotatable bonds is 5. The van der Waals surface area contributed by atoms with Crippen molar-refractivity contribution < 1.29 is 37.1 Å². The standard InChI is InChI=1S/C22H18F4N2O4/c23-20-16-9-10-28(12-14(16)4-7-17(20)21(31)32)19(30)11-27-18(29)8-3-13-1-5-15(6-2-13)22(24,25)26/h1-8H,9-12H2,(H,27,29)(H,31,32)/b8-3+. The van der Waals surface area contributed by atoms with Crippen molar-refractivity contribution in [2.45, 2.75) is 19.1 Å². The smallest absolute Gasteiger partial charge is 0.416 e. The number of hydrogen-bond donors (Lipinski definition) is 2. The molecule has 2 N–H and O–H groups in total. The number of carbonyl (C=O) groups is 3. The molecule has 32 heavy (non-hydrogen) atoms. The molecule has 3 rings (SSSR count). The van der Waals surface area contributed by atoms with Crippen LogP contribution in [-0.2, 0) is 28.7 Å². The highest BCUT2D eigenvalue weighted by Crippen LogP contribution is 2.29. The Morgan fingerprint density at radius 1 is 1.09 bits per heavy atom. The van der Waals surface area contributed by atoms with Crippen molar-refractivity contribution in [2.24, 2.45) is 0 Å². The summed E-state index contributed by atoms with van der Waals surface area (Å²) < 4.78 is 52.0. The third-order valence-electron chi connectivity index (χ3n) is 5.00.